The number of hydrogen-bond donors (Lipinski definition) is 1. The Bertz CT molecular complexity index is 431. The summed E-state index contributed by atoms with van der Waals surface area (Å²) >= 11 is 3.61. The Morgan fingerprint density at radius 1 is 1.30 bits per heavy atom. The molecule has 0 spiro atoms. The van der Waals surface area contributed by atoms with Gasteiger partial charge in [0.25, 0.3) is 0 Å². The molecule has 1 N–H and O–H groups in total. The van der Waals surface area contributed by atoms with Crippen LogP contribution < -0.4 is 14.8 Å². The van der Waals surface area contributed by atoms with Crippen molar-refractivity contribution in [3.8, 4) is 11.5 Å². The summed E-state index contributed by atoms with van der Waals surface area (Å²) in [5, 5.41) is 3.32. The zero-order chi connectivity index (χ0) is 14.4. The second-order valence-electron chi connectivity index (χ2n) is 5.35. The Morgan fingerprint density at radius 2 is 2.05 bits per heavy atom. The Hall–Kier alpha value is -0.740. The van der Waals surface area contributed by atoms with Gasteiger partial charge in [-0.15, -0.1) is 0 Å². The molecule has 0 aromatic heterocycles. The van der Waals surface area contributed by atoms with E-state index in [1.165, 1.54) is 31.2 Å². The second kappa shape index (κ2) is 7.89. The highest BCUT2D eigenvalue weighted by molar-refractivity contribution is 9.10. The Morgan fingerprint density at radius 3 is 2.70 bits per heavy atom. The molecule has 1 aromatic carbocycles. The average Bonchev–Trinajstić information content (AvgIpc) is 2.96. The second-order valence-corrected chi connectivity index (χ2v) is 6.21. The molecule has 0 amide bonds. The smallest absolute Gasteiger partial charge is 0.175 e. The molecule has 112 valence electrons. The molecule has 1 aliphatic rings. The highest BCUT2D eigenvalue weighted by Gasteiger charge is 2.18. The monoisotopic (exact) mass is 341 g/mol. The average molecular weight is 342 g/mol. The van der Waals surface area contributed by atoms with Gasteiger partial charge in [-0.1, -0.05) is 19.8 Å². The molecule has 0 saturated heterocycles. The Kier molecular flexibility index (Phi) is 6.17. The lowest BCUT2D eigenvalue weighted by atomic mass is 10.1. The molecule has 0 heterocycles. The summed E-state index contributed by atoms with van der Waals surface area (Å²) in [5.74, 6) is 2.35. The number of methoxy groups -OCH3 is 1. The van der Waals surface area contributed by atoms with Crippen molar-refractivity contribution in [3.05, 3.63) is 22.2 Å². The Balaban J connectivity index is 2.06. The van der Waals surface area contributed by atoms with Crippen molar-refractivity contribution < 1.29 is 9.47 Å². The molecule has 0 radical (unpaired) electrons. The summed E-state index contributed by atoms with van der Waals surface area (Å²) in [6, 6.07) is 4.16. The summed E-state index contributed by atoms with van der Waals surface area (Å²) in [7, 11) is 1.70. The molecule has 2 rings (SSSR count). The maximum Gasteiger partial charge on any atom is 0.175 e. The fraction of sp³-hybridized carbons (Fsp3) is 0.625. The van der Waals surface area contributed by atoms with Gasteiger partial charge in [-0.25, -0.2) is 0 Å². The zero-order valence-electron chi connectivity index (χ0n) is 12.4. The maximum absolute atomic E-state index is 6.01. The summed E-state index contributed by atoms with van der Waals surface area (Å²) in [6.45, 7) is 4.70. The highest BCUT2D eigenvalue weighted by Crippen LogP contribution is 2.37. The molecule has 20 heavy (non-hydrogen) atoms. The van der Waals surface area contributed by atoms with Crippen molar-refractivity contribution in [3.63, 3.8) is 0 Å². The maximum atomic E-state index is 6.01. The highest BCUT2D eigenvalue weighted by atomic mass is 79.9. The van der Waals surface area contributed by atoms with Gasteiger partial charge < -0.3 is 14.8 Å². The number of halogens is 1. The van der Waals surface area contributed by atoms with Gasteiger partial charge in [-0.2, -0.15) is 0 Å². The van der Waals surface area contributed by atoms with Crippen molar-refractivity contribution >= 4 is 15.9 Å². The predicted molar refractivity (Wildman–Crippen MR) is 85.5 cm³/mol. The Labute approximate surface area is 130 Å². The van der Waals surface area contributed by atoms with Crippen molar-refractivity contribution in [1.29, 1.82) is 0 Å². The molecule has 3 nitrogen and oxygen atoms in total. The van der Waals surface area contributed by atoms with E-state index < -0.39 is 0 Å². The van der Waals surface area contributed by atoms with Crippen LogP contribution in [-0.4, -0.2) is 20.3 Å². The van der Waals surface area contributed by atoms with Crippen LogP contribution in [-0.2, 0) is 6.54 Å². The van der Waals surface area contributed by atoms with E-state index in [9.17, 15) is 0 Å². The molecule has 0 atom stereocenters. The lowest BCUT2D eigenvalue weighted by molar-refractivity contribution is 0.239. The molecular weight excluding hydrogens is 318 g/mol. The number of nitrogens with one attached hydrogen (secondary N) is 1. The first kappa shape index (κ1) is 15.6. The third kappa shape index (κ3) is 4.13. The number of benzene rings is 1. The minimum absolute atomic E-state index is 0.702. The topological polar surface area (TPSA) is 30.5 Å². The number of rotatable bonds is 7. The van der Waals surface area contributed by atoms with Crippen molar-refractivity contribution in [2.75, 3.05) is 20.3 Å². The van der Waals surface area contributed by atoms with Gasteiger partial charge in [0.2, 0.25) is 0 Å². The first-order chi connectivity index (χ1) is 9.74. The van der Waals surface area contributed by atoms with Crippen LogP contribution in [0.1, 0.15) is 38.2 Å². The van der Waals surface area contributed by atoms with E-state index in [-0.39, 0.29) is 0 Å². The van der Waals surface area contributed by atoms with E-state index in [1.807, 2.05) is 0 Å². The molecule has 4 heteroatoms. The fourth-order valence-corrected chi connectivity index (χ4v) is 3.27. The normalized spacial score (nSPS) is 15.6. The number of ether oxygens (including phenoxy) is 2. The van der Waals surface area contributed by atoms with E-state index in [2.05, 4.69) is 40.3 Å². The lowest BCUT2D eigenvalue weighted by Crippen LogP contribution is -2.12. The van der Waals surface area contributed by atoms with E-state index in [1.54, 1.807) is 7.11 Å². The molecule has 0 bridgehead atoms. The van der Waals surface area contributed by atoms with E-state index >= 15 is 0 Å². The van der Waals surface area contributed by atoms with E-state index in [0.29, 0.717) is 5.92 Å². The van der Waals surface area contributed by atoms with Crippen LogP contribution in [0.25, 0.3) is 0 Å². The molecule has 1 fully saturated rings. The van der Waals surface area contributed by atoms with Gasteiger partial charge in [0.05, 0.1) is 18.2 Å². The van der Waals surface area contributed by atoms with Gasteiger partial charge in [-0.3, -0.25) is 0 Å². The minimum Gasteiger partial charge on any atom is -0.493 e. The fourth-order valence-electron chi connectivity index (χ4n) is 2.66. The zero-order valence-corrected chi connectivity index (χ0v) is 14.0. The first-order valence-electron chi connectivity index (χ1n) is 7.44. The summed E-state index contributed by atoms with van der Waals surface area (Å²) < 4.78 is 12.5. The van der Waals surface area contributed by atoms with Crippen LogP contribution in [0.15, 0.2) is 16.6 Å². The van der Waals surface area contributed by atoms with E-state index in [4.69, 9.17) is 9.47 Å². The summed E-state index contributed by atoms with van der Waals surface area (Å²) in [6.07, 6.45) is 5.26. The summed E-state index contributed by atoms with van der Waals surface area (Å²) in [5.41, 5.74) is 1.20. The molecule has 0 aliphatic heterocycles. The summed E-state index contributed by atoms with van der Waals surface area (Å²) in [4.78, 5) is 0. The van der Waals surface area contributed by atoms with Gasteiger partial charge in [0, 0.05) is 6.54 Å². The van der Waals surface area contributed by atoms with E-state index in [0.717, 1.165) is 35.7 Å². The van der Waals surface area contributed by atoms with Gasteiger partial charge in [-0.05, 0) is 58.9 Å². The number of hydrogen-bond acceptors (Lipinski definition) is 3. The molecule has 0 unspecified atom stereocenters. The van der Waals surface area contributed by atoms with Gasteiger partial charge in [0.1, 0.15) is 0 Å². The predicted octanol–water partition coefficient (Wildman–Crippen LogP) is 4.14. The van der Waals surface area contributed by atoms with Crippen molar-refractivity contribution in [1.82, 2.24) is 5.32 Å². The lowest BCUT2D eigenvalue weighted by Gasteiger charge is -2.17. The van der Waals surface area contributed by atoms with Crippen LogP contribution >= 0.6 is 15.9 Å². The quantitative estimate of drug-likeness (QED) is 0.808. The van der Waals surface area contributed by atoms with Crippen LogP contribution in [0, 0.1) is 5.92 Å². The van der Waals surface area contributed by atoms with Crippen LogP contribution in [0.3, 0.4) is 0 Å². The largest absolute Gasteiger partial charge is 0.493 e. The first-order valence-corrected chi connectivity index (χ1v) is 8.23. The standard InChI is InChI=1S/C16H24BrNO2/c1-3-18-10-13-8-14(17)16(15(9-13)19-2)20-11-12-6-4-5-7-12/h8-9,12,18H,3-7,10-11H2,1-2H3. The van der Waals surface area contributed by atoms with Crippen LogP contribution in [0.2, 0.25) is 0 Å². The van der Waals surface area contributed by atoms with Crippen molar-refractivity contribution in [2.45, 2.75) is 39.2 Å². The molecule has 1 saturated carbocycles. The van der Waals surface area contributed by atoms with Gasteiger partial charge >= 0.3 is 0 Å². The third-order valence-corrected chi connectivity index (χ3v) is 4.40. The molecule has 1 aromatic rings. The minimum atomic E-state index is 0.702. The molecular formula is C16H24BrNO2. The molecule has 1 aliphatic carbocycles. The van der Waals surface area contributed by atoms with Crippen LogP contribution in [0.5, 0.6) is 11.5 Å². The van der Waals surface area contributed by atoms with Crippen LogP contribution in [0.4, 0.5) is 0 Å². The van der Waals surface area contributed by atoms with Crippen molar-refractivity contribution in [2.24, 2.45) is 5.92 Å². The van der Waals surface area contributed by atoms with Gasteiger partial charge in [0.15, 0.2) is 11.5 Å². The third-order valence-electron chi connectivity index (χ3n) is 3.81. The SMILES string of the molecule is CCNCc1cc(Br)c(OCC2CCCC2)c(OC)c1.